The number of rotatable bonds is 8. The van der Waals surface area contributed by atoms with E-state index in [0.29, 0.717) is 34.6 Å². The Morgan fingerprint density at radius 1 is 1.13 bits per heavy atom. The third-order valence-corrected chi connectivity index (χ3v) is 4.91. The van der Waals surface area contributed by atoms with Crippen molar-refractivity contribution in [2.45, 2.75) is 34.2 Å². The number of Topliss-reactive ketones (excluding diaryl/α,β-unsaturated/α-hetero) is 1. The maximum absolute atomic E-state index is 13.2. The van der Waals surface area contributed by atoms with E-state index >= 15 is 0 Å². The summed E-state index contributed by atoms with van der Waals surface area (Å²) in [6.45, 7) is 7.55. The van der Waals surface area contributed by atoms with Gasteiger partial charge in [-0.05, 0) is 51.0 Å². The van der Waals surface area contributed by atoms with Gasteiger partial charge in [0.1, 0.15) is 11.5 Å². The van der Waals surface area contributed by atoms with E-state index in [1.54, 1.807) is 51.4 Å². The largest absolute Gasteiger partial charge is 0.461 e. The molecule has 0 radical (unpaired) electrons. The Morgan fingerprint density at radius 2 is 1.77 bits per heavy atom. The molecular formula is C22H28FN3O4. The number of ketones is 1. The lowest BCUT2D eigenvalue weighted by Gasteiger charge is -2.22. The van der Waals surface area contributed by atoms with Gasteiger partial charge in [-0.25, -0.2) is 14.0 Å². The second-order valence-electron chi connectivity index (χ2n) is 6.95. The molecule has 2 rings (SSSR count). The number of halogens is 1. The van der Waals surface area contributed by atoms with Crippen LogP contribution in [0, 0.1) is 19.7 Å². The Kier molecular flexibility index (Phi) is 7.74. The number of nitrogens with one attached hydrogen (secondary N) is 1. The summed E-state index contributed by atoms with van der Waals surface area (Å²) in [6, 6.07) is 5.37. The summed E-state index contributed by atoms with van der Waals surface area (Å²) >= 11 is 0. The molecule has 0 aliphatic rings. The molecule has 0 atom stereocenters. The summed E-state index contributed by atoms with van der Waals surface area (Å²) in [4.78, 5) is 39.3. The molecule has 0 fully saturated rings. The smallest absolute Gasteiger partial charge is 0.355 e. The summed E-state index contributed by atoms with van der Waals surface area (Å²) in [5.41, 5.74) is 2.56. The number of carbonyl (C=O) groups is 3. The molecule has 0 bridgehead atoms. The van der Waals surface area contributed by atoms with E-state index in [4.69, 9.17) is 4.74 Å². The summed E-state index contributed by atoms with van der Waals surface area (Å²) in [7, 11) is 1.70. The highest BCUT2D eigenvalue weighted by atomic mass is 19.1. The fourth-order valence-corrected chi connectivity index (χ4v) is 3.40. The average Bonchev–Trinajstić information content (AvgIpc) is 2.92. The van der Waals surface area contributed by atoms with Crippen LogP contribution >= 0.6 is 0 Å². The standard InChI is InChI=1S/C22H28FN3O4/c1-6-24-22(29)26(12-16-8-10-17(23)11-9-16)13-18(27)19-14(3)20(21(28)30-7-2)25(5)15(19)4/h8-11H,6-7,12-13H2,1-5H3,(H,24,29). The zero-order valence-corrected chi connectivity index (χ0v) is 18.0. The fourth-order valence-electron chi connectivity index (χ4n) is 3.40. The lowest BCUT2D eigenvalue weighted by molar-refractivity contribution is 0.0514. The normalized spacial score (nSPS) is 10.6. The van der Waals surface area contributed by atoms with Crippen molar-refractivity contribution in [1.29, 1.82) is 0 Å². The Morgan fingerprint density at radius 3 is 2.33 bits per heavy atom. The van der Waals surface area contributed by atoms with Gasteiger partial charge in [-0.15, -0.1) is 0 Å². The third-order valence-electron chi connectivity index (χ3n) is 4.91. The molecule has 1 heterocycles. The van der Waals surface area contributed by atoms with Gasteiger partial charge in [-0.1, -0.05) is 12.1 Å². The molecule has 0 aliphatic heterocycles. The highest BCUT2D eigenvalue weighted by Crippen LogP contribution is 2.23. The van der Waals surface area contributed by atoms with Gasteiger partial charge in [0, 0.05) is 31.4 Å². The first-order valence-electron chi connectivity index (χ1n) is 9.84. The first kappa shape index (κ1) is 23.1. The number of hydrogen-bond acceptors (Lipinski definition) is 4. The minimum Gasteiger partial charge on any atom is -0.461 e. The monoisotopic (exact) mass is 417 g/mol. The summed E-state index contributed by atoms with van der Waals surface area (Å²) in [5.74, 6) is -1.16. The highest BCUT2D eigenvalue weighted by molar-refractivity contribution is 6.04. The van der Waals surface area contributed by atoms with Gasteiger partial charge in [0.15, 0.2) is 5.78 Å². The van der Waals surface area contributed by atoms with Crippen molar-refractivity contribution in [1.82, 2.24) is 14.8 Å². The van der Waals surface area contributed by atoms with Crippen molar-refractivity contribution in [3.63, 3.8) is 0 Å². The minimum atomic E-state index is -0.494. The number of aromatic nitrogens is 1. The molecule has 2 amide bonds. The van der Waals surface area contributed by atoms with Crippen molar-refractivity contribution in [2.75, 3.05) is 19.7 Å². The Hall–Kier alpha value is -3.16. The van der Waals surface area contributed by atoms with Gasteiger partial charge in [0.25, 0.3) is 0 Å². The fraction of sp³-hybridized carbons (Fsp3) is 0.409. The van der Waals surface area contributed by atoms with Crippen LogP contribution in [-0.2, 0) is 18.3 Å². The maximum Gasteiger partial charge on any atom is 0.355 e. The number of ether oxygens (including phenoxy) is 1. The number of urea groups is 1. The van der Waals surface area contributed by atoms with Crippen LogP contribution in [0.1, 0.15) is 51.5 Å². The lowest BCUT2D eigenvalue weighted by atomic mass is 10.0. The van der Waals surface area contributed by atoms with E-state index in [-0.39, 0.29) is 31.3 Å². The zero-order chi connectivity index (χ0) is 22.4. The molecule has 0 saturated heterocycles. The topological polar surface area (TPSA) is 80.6 Å². The summed E-state index contributed by atoms with van der Waals surface area (Å²) in [6.07, 6.45) is 0. The molecule has 0 aliphatic carbocycles. The SMILES string of the molecule is CCNC(=O)N(CC(=O)c1c(C)c(C(=O)OCC)n(C)c1C)Cc1ccc(F)cc1. The Balaban J connectivity index is 2.33. The van der Waals surface area contributed by atoms with Crippen LogP contribution in [0.25, 0.3) is 0 Å². The predicted molar refractivity (Wildman–Crippen MR) is 111 cm³/mol. The van der Waals surface area contributed by atoms with E-state index in [9.17, 15) is 18.8 Å². The molecule has 0 spiro atoms. The second kappa shape index (κ2) is 10.0. The van der Waals surface area contributed by atoms with Crippen LogP contribution < -0.4 is 5.32 Å². The summed E-state index contributed by atoms with van der Waals surface area (Å²) < 4.78 is 19.9. The molecule has 8 heteroatoms. The van der Waals surface area contributed by atoms with E-state index < -0.39 is 12.0 Å². The van der Waals surface area contributed by atoms with Crippen molar-refractivity contribution >= 4 is 17.8 Å². The minimum absolute atomic E-state index is 0.146. The van der Waals surface area contributed by atoms with Crippen LogP contribution in [0.5, 0.6) is 0 Å². The average molecular weight is 417 g/mol. The van der Waals surface area contributed by atoms with Crippen LogP contribution in [0.3, 0.4) is 0 Å². The third kappa shape index (κ3) is 5.06. The molecular weight excluding hydrogens is 389 g/mol. The Labute approximate surface area is 175 Å². The van der Waals surface area contributed by atoms with E-state index in [0.717, 1.165) is 0 Å². The Bertz CT molecular complexity index is 935. The van der Waals surface area contributed by atoms with Crippen LogP contribution in [0.4, 0.5) is 9.18 Å². The van der Waals surface area contributed by atoms with Crippen LogP contribution in [0.15, 0.2) is 24.3 Å². The van der Waals surface area contributed by atoms with E-state index in [1.165, 1.54) is 17.0 Å². The zero-order valence-electron chi connectivity index (χ0n) is 18.0. The van der Waals surface area contributed by atoms with Crippen LogP contribution in [-0.4, -0.2) is 46.9 Å². The molecule has 30 heavy (non-hydrogen) atoms. The molecule has 7 nitrogen and oxygen atoms in total. The van der Waals surface area contributed by atoms with Gasteiger partial charge >= 0.3 is 12.0 Å². The van der Waals surface area contributed by atoms with Gasteiger partial charge in [-0.2, -0.15) is 0 Å². The molecule has 0 saturated carbocycles. The molecule has 1 aromatic heterocycles. The van der Waals surface area contributed by atoms with E-state index in [1.807, 2.05) is 0 Å². The van der Waals surface area contributed by atoms with Crippen molar-refractivity contribution < 1.29 is 23.5 Å². The number of benzene rings is 1. The maximum atomic E-state index is 13.2. The lowest BCUT2D eigenvalue weighted by Crippen LogP contribution is -2.42. The molecule has 1 N–H and O–H groups in total. The highest BCUT2D eigenvalue weighted by Gasteiger charge is 2.27. The molecule has 2 aromatic rings. The van der Waals surface area contributed by atoms with Gasteiger partial charge in [0.05, 0.1) is 13.2 Å². The van der Waals surface area contributed by atoms with Gasteiger partial charge in [-0.3, -0.25) is 4.79 Å². The van der Waals surface area contributed by atoms with Gasteiger partial charge in [0.2, 0.25) is 0 Å². The molecule has 0 unspecified atom stereocenters. The number of nitrogens with zero attached hydrogens (tertiary/aromatic N) is 2. The van der Waals surface area contributed by atoms with Gasteiger partial charge < -0.3 is 19.5 Å². The molecule has 162 valence electrons. The van der Waals surface area contributed by atoms with Crippen LogP contribution in [0.2, 0.25) is 0 Å². The number of esters is 1. The predicted octanol–water partition coefficient (Wildman–Crippen LogP) is 3.37. The molecule has 1 aromatic carbocycles. The quantitative estimate of drug-likeness (QED) is 0.528. The van der Waals surface area contributed by atoms with Crippen molar-refractivity contribution in [3.8, 4) is 0 Å². The number of amides is 2. The second-order valence-corrected chi connectivity index (χ2v) is 6.95. The van der Waals surface area contributed by atoms with Crippen molar-refractivity contribution in [3.05, 3.63) is 58.2 Å². The van der Waals surface area contributed by atoms with Crippen molar-refractivity contribution in [2.24, 2.45) is 7.05 Å². The number of hydrogen-bond donors (Lipinski definition) is 1. The first-order valence-corrected chi connectivity index (χ1v) is 9.84. The first-order chi connectivity index (χ1) is 14.2. The summed E-state index contributed by atoms with van der Waals surface area (Å²) in [5, 5.41) is 2.70. The number of carbonyl (C=O) groups excluding carboxylic acids is 3. The van der Waals surface area contributed by atoms with E-state index in [2.05, 4.69) is 5.32 Å².